The predicted molar refractivity (Wildman–Crippen MR) is 132 cm³/mol. The molecule has 10 heteroatoms. The first-order valence-electron chi connectivity index (χ1n) is 11.7. The Morgan fingerprint density at radius 1 is 1.26 bits per heavy atom. The highest BCUT2D eigenvalue weighted by molar-refractivity contribution is 6.03. The lowest BCUT2D eigenvalue weighted by Crippen LogP contribution is -2.51. The SMILES string of the molecule is COc1ccc(Cn2ncc3c(N4CCC[C@H](NC(O)OC(C)(C)C)C4)c(C(=O)O)cnc32)cc1. The number of nitrogens with one attached hydrogen (secondary N) is 1. The lowest BCUT2D eigenvalue weighted by Gasteiger charge is -2.37. The van der Waals surface area contributed by atoms with Crippen LogP contribution >= 0.6 is 0 Å². The zero-order valence-electron chi connectivity index (χ0n) is 20.6. The Morgan fingerprint density at radius 3 is 2.66 bits per heavy atom. The number of benzene rings is 1. The van der Waals surface area contributed by atoms with Crippen LogP contribution in [0, 0.1) is 0 Å². The summed E-state index contributed by atoms with van der Waals surface area (Å²) in [6, 6.07) is 7.64. The van der Waals surface area contributed by atoms with E-state index in [9.17, 15) is 15.0 Å². The van der Waals surface area contributed by atoms with Crippen LogP contribution in [0.3, 0.4) is 0 Å². The average molecular weight is 484 g/mol. The van der Waals surface area contributed by atoms with Gasteiger partial charge in [0, 0.05) is 25.3 Å². The second kappa shape index (κ2) is 10.2. The number of carboxylic acid groups (broad SMARTS) is 1. The molecule has 1 aromatic carbocycles. The van der Waals surface area contributed by atoms with Crippen LogP contribution in [0.5, 0.6) is 5.75 Å². The number of carbonyl (C=O) groups is 1. The molecule has 0 amide bonds. The van der Waals surface area contributed by atoms with E-state index in [1.165, 1.54) is 6.20 Å². The van der Waals surface area contributed by atoms with Crippen LogP contribution < -0.4 is 15.0 Å². The lowest BCUT2D eigenvalue weighted by molar-refractivity contribution is -0.185. The number of methoxy groups -OCH3 is 1. The Bertz CT molecular complexity index is 1170. The van der Waals surface area contributed by atoms with Crippen molar-refractivity contribution in [2.24, 2.45) is 0 Å². The van der Waals surface area contributed by atoms with Gasteiger partial charge < -0.3 is 24.6 Å². The van der Waals surface area contributed by atoms with Crippen molar-refractivity contribution in [3.8, 4) is 5.75 Å². The van der Waals surface area contributed by atoms with Crippen molar-refractivity contribution in [1.82, 2.24) is 20.1 Å². The van der Waals surface area contributed by atoms with Crippen molar-refractivity contribution in [2.75, 3.05) is 25.1 Å². The fourth-order valence-electron chi connectivity index (χ4n) is 4.42. The summed E-state index contributed by atoms with van der Waals surface area (Å²) in [5.74, 6) is -0.264. The normalized spacial score (nSPS) is 17.5. The van der Waals surface area contributed by atoms with Crippen LogP contribution in [0.1, 0.15) is 49.5 Å². The quantitative estimate of drug-likeness (QED) is 0.415. The molecule has 1 unspecified atom stereocenters. The fraction of sp³-hybridized carbons (Fsp3) is 0.480. The van der Waals surface area contributed by atoms with E-state index in [-0.39, 0.29) is 11.6 Å². The molecule has 1 saturated heterocycles. The summed E-state index contributed by atoms with van der Waals surface area (Å²) in [5.41, 5.74) is 1.88. The highest BCUT2D eigenvalue weighted by Gasteiger charge is 2.29. The van der Waals surface area contributed by atoms with Crippen molar-refractivity contribution in [1.29, 1.82) is 0 Å². The van der Waals surface area contributed by atoms with Gasteiger partial charge in [-0.15, -0.1) is 0 Å². The number of aromatic carboxylic acids is 1. The van der Waals surface area contributed by atoms with E-state index in [4.69, 9.17) is 9.47 Å². The second-order valence-electron chi connectivity index (χ2n) is 9.75. The summed E-state index contributed by atoms with van der Waals surface area (Å²) >= 11 is 0. The number of nitrogens with zero attached hydrogens (tertiary/aromatic N) is 4. The van der Waals surface area contributed by atoms with Crippen LogP contribution in [-0.2, 0) is 11.3 Å². The van der Waals surface area contributed by atoms with Gasteiger partial charge in [0.05, 0.1) is 36.5 Å². The maximum absolute atomic E-state index is 12.1. The molecule has 10 nitrogen and oxygen atoms in total. The number of piperidine rings is 1. The fourth-order valence-corrected chi connectivity index (χ4v) is 4.42. The van der Waals surface area contributed by atoms with Crippen molar-refractivity contribution in [3.63, 3.8) is 0 Å². The molecule has 3 heterocycles. The smallest absolute Gasteiger partial charge is 0.339 e. The largest absolute Gasteiger partial charge is 0.497 e. The van der Waals surface area contributed by atoms with Gasteiger partial charge in [0.1, 0.15) is 11.3 Å². The maximum atomic E-state index is 12.1. The molecule has 188 valence electrons. The molecule has 3 aromatic rings. The standard InChI is InChI=1S/C25H33N5O5/c1-25(2,3)35-24(33)28-17-6-5-11-29(15-17)21-19-13-27-30(22(19)26-12-20(21)23(31)32)14-16-7-9-18(34-4)10-8-16/h7-10,12-13,17,24,28,33H,5-6,11,14-15H2,1-4H3,(H,31,32)/t17-,24?/m0/s1. The van der Waals surface area contributed by atoms with Crippen LogP contribution in [-0.4, -0.2) is 69.2 Å². The summed E-state index contributed by atoms with van der Waals surface area (Å²) < 4.78 is 12.6. The van der Waals surface area contributed by atoms with Gasteiger partial charge >= 0.3 is 5.97 Å². The Balaban J connectivity index is 1.61. The molecule has 3 N–H and O–H groups in total. The first-order valence-corrected chi connectivity index (χ1v) is 11.7. The van der Waals surface area contributed by atoms with Gasteiger partial charge in [0.2, 0.25) is 6.41 Å². The van der Waals surface area contributed by atoms with Crippen LogP contribution in [0.2, 0.25) is 0 Å². The zero-order chi connectivity index (χ0) is 25.2. The summed E-state index contributed by atoms with van der Waals surface area (Å²) in [7, 11) is 1.63. The van der Waals surface area contributed by atoms with E-state index in [0.717, 1.165) is 24.2 Å². The molecule has 0 spiro atoms. The first-order chi connectivity index (χ1) is 16.6. The number of hydrogen-bond donors (Lipinski definition) is 3. The molecule has 1 fully saturated rings. The van der Waals surface area contributed by atoms with Crippen molar-refractivity contribution >= 4 is 22.7 Å². The summed E-state index contributed by atoms with van der Waals surface area (Å²) in [6.07, 6.45) is 3.66. The van der Waals surface area contributed by atoms with E-state index in [2.05, 4.69) is 15.4 Å². The van der Waals surface area contributed by atoms with E-state index in [1.54, 1.807) is 18.0 Å². The van der Waals surface area contributed by atoms with Gasteiger partial charge in [-0.3, -0.25) is 5.32 Å². The van der Waals surface area contributed by atoms with Gasteiger partial charge in [-0.2, -0.15) is 5.10 Å². The molecule has 35 heavy (non-hydrogen) atoms. The average Bonchev–Trinajstić information content (AvgIpc) is 3.20. The Labute approximate surface area is 204 Å². The summed E-state index contributed by atoms with van der Waals surface area (Å²) in [6.45, 7) is 7.34. The number of aliphatic hydroxyl groups is 1. The molecule has 0 saturated carbocycles. The predicted octanol–water partition coefficient (Wildman–Crippen LogP) is 2.84. The number of anilines is 1. The second-order valence-corrected chi connectivity index (χ2v) is 9.75. The lowest BCUT2D eigenvalue weighted by atomic mass is 10.0. The van der Waals surface area contributed by atoms with E-state index in [0.29, 0.717) is 36.4 Å². The van der Waals surface area contributed by atoms with Crippen molar-refractivity contribution in [2.45, 2.75) is 58.2 Å². The molecule has 2 aromatic heterocycles. The molecule has 1 aliphatic rings. The summed E-state index contributed by atoms with van der Waals surface area (Å²) in [4.78, 5) is 18.6. The first kappa shape index (κ1) is 24.9. The van der Waals surface area contributed by atoms with Crippen LogP contribution in [0.25, 0.3) is 11.0 Å². The molecule has 1 aliphatic heterocycles. The minimum Gasteiger partial charge on any atom is -0.497 e. The van der Waals surface area contributed by atoms with E-state index >= 15 is 0 Å². The molecule has 4 rings (SSSR count). The number of pyridine rings is 1. The highest BCUT2D eigenvalue weighted by atomic mass is 16.6. The topological polar surface area (TPSA) is 122 Å². The minimum atomic E-state index is -1.11. The van der Waals surface area contributed by atoms with E-state index < -0.39 is 18.0 Å². The van der Waals surface area contributed by atoms with Crippen molar-refractivity contribution in [3.05, 3.63) is 47.8 Å². The molecule has 0 bridgehead atoms. The molecule has 0 radical (unpaired) electrons. The molecular weight excluding hydrogens is 450 g/mol. The van der Waals surface area contributed by atoms with Gasteiger partial charge in [-0.25, -0.2) is 14.5 Å². The minimum absolute atomic E-state index is 0.0692. The van der Waals surface area contributed by atoms with Gasteiger partial charge in [-0.05, 0) is 51.3 Å². The monoisotopic (exact) mass is 483 g/mol. The number of carboxylic acids is 1. The molecule has 0 aliphatic carbocycles. The number of hydrogen-bond acceptors (Lipinski definition) is 8. The third-order valence-electron chi connectivity index (χ3n) is 5.94. The van der Waals surface area contributed by atoms with Crippen LogP contribution in [0.15, 0.2) is 36.7 Å². The zero-order valence-corrected chi connectivity index (χ0v) is 20.6. The van der Waals surface area contributed by atoms with Gasteiger partial charge in [0.15, 0.2) is 5.65 Å². The third kappa shape index (κ3) is 5.90. The number of aliphatic hydroxyl groups excluding tert-OH is 1. The maximum Gasteiger partial charge on any atom is 0.339 e. The molecule has 2 atom stereocenters. The summed E-state index contributed by atoms with van der Waals surface area (Å²) in [5, 5.41) is 28.5. The highest BCUT2D eigenvalue weighted by Crippen LogP contribution is 2.32. The third-order valence-corrected chi connectivity index (χ3v) is 5.94. The van der Waals surface area contributed by atoms with Gasteiger partial charge in [-0.1, -0.05) is 12.1 Å². The van der Waals surface area contributed by atoms with E-state index in [1.807, 2.05) is 49.9 Å². The number of fused-ring (bicyclic) bond motifs is 1. The number of ether oxygens (including phenoxy) is 2. The molecular formula is C25H33N5O5. The Morgan fingerprint density at radius 2 is 2.00 bits per heavy atom. The van der Waals surface area contributed by atoms with Crippen molar-refractivity contribution < 1.29 is 24.5 Å². The van der Waals surface area contributed by atoms with Crippen LogP contribution in [0.4, 0.5) is 5.69 Å². The number of rotatable bonds is 8. The van der Waals surface area contributed by atoms with Gasteiger partial charge in [0.25, 0.3) is 0 Å². The Hall–Kier alpha value is -3.21. The Kier molecular flexibility index (Phi) is 7.25. The number of aromatic nitrogens is 3.